The van der Waals surface area contributed by atoms with Crippen molar-refractivity contribution in [3.63, 3.8) is 0 Å². The van der Waals surface area contributed by atoms with Crippen LogP contribution >= 0.6 is 0 Å². The van der Waals surface area contributed by atoms with Crippen molar-refractivity contribution < 1.29 is 9.72 Å². The van der Waals surface area contributed by atoms with Crippen molar-refractivity contribution in [2.75, 3.05) is 0 Å². The Morgan fingerprint density at radius 1 is 1.57 bits per heavy atom. The van der Waals surface area contributed by atoms with Gasteiger partial charge in [0.2, 0.25) is 6.33 Å². The van der Waals surface area contributed by atoms with E-state index >= 15 is 0 Å². The lowest BCUT2D eigenvalue weighted by atomic mass is 9.70. The van der Waals surface area contributed by atoms with Crippen LogP contribution in [-0.2, 0) is 11.3 Å². The van der Waals surface area contributed by atoms with Crippen molar-refractivity contribution in [3.8, 4) is 0 Å². The summed E-state index contributed by atoms with van der Waals surface area (Å²) in [5.41, 5.74) is 3.81. The highest BCUT2D eigenvalue weighted by molar-refractivity contribution is 5.95. The quantitative estimate of drug-likeness (QED) is 0.667. The van der Waals surface area contributed by atoms with Gasteiger partial charge >= 0.3 is 5.95 Å². The summed E-state index contributed by atoms with van der Waals surface area (Å²) in [6.45, 7) is 6.60. The number of nitrogens with zero attached hydrogens (tertiary/aromatic N) is 5. The van der Waals surface area contributed by atoms with Crippen LogP contribution in [0.2, 0.25) is 0 Å². The zero-order valence-corrected chi connectivity index (χ0v) is 13.4. The molecule has 2 aliphatic carbocycles. The van der Waals surface area contributed by atoms with Crippen molar-refractivity contribution in [1.29, 1.82) is 0 Å². The summed E-state index contributed by atoms with van der Waals surface area (Å²) in [5.74, 6) is -0.283. The number of hydrogen-bond donors (Lipinski definition) is 1. The van der Waals surface area contributed by atoms with E-state index in [0.717, 1.165) is 29.6 Å². The van der Waals surface area contributed by atoms with Crippen LogP contribution in [0.5, 0.6) is 0 Å². The first-order valence-electron chi connectivity index (χ1n) is 7.64. The maximum atomic E-state index is 11.9. The molecule has 2 bridgehead atoms. The van der Waals surface area contributed by atoms with Gasteiger partial charge in [-0.15, -0.1) is 0 Å². The Balaban J connectivity index is 1.64. The van der Waals surface area contributed by atoms with Gasteiger partial charge in [0.05, 0.1) is 0 Å². The molecule has 124 valence electrons. The third-order valence-corrected chi connectivity index (χ3v) is 5.82. The number of aromatic nitrogens is 3. The molecular weight excluding hydrogens is 300 g/mol. The molecule has 0 spiro atoms. The summed E-state index contributed by atoms with van der Waals surface area (Å²) in [6.07, 6.45) is 4.37. The van der Waals surface area contributed by atoms with Gasteiger partial charge in [0.15, 0.2) is 0 Å². The topological polar surface area (TPSA) is 115 Å². The van der Waals surface area contributed by atoms with E-state index in [-0.39, 0.29) is 23.3 Å². The van der Waals surface area contributed by atoms with E-state index in [0.29, 0.717) is 5.92 Å². The van der Waals surface area contributed by atoms with Crippen LogP contribution in [0.3, 0.4) is 0 Å². The van der Waals surface area contributed by atoms with Crippen LogP contribution in [-0.4, -0.2) is 31.3 Å². The Kier molecular flexibility index (Phi) is 3.46. The number of amides is 1. The van der Waals surface area contributed by atoms with E-state index in [2.05, 4.69) is 41.4 Å². The van der Waals surface area contributed by atoms with Crippen LogP contribution in [0.4, 0.5) is 5.95 Å². The Hall–Kier alpha value is -2.32. The van der Waals surface area contributed by atoms with Crippen molar-refractivity contribution in [3.05, 3.63) is 16.4 Å². The summed E-state index contributed by atoms with van der Waals surface area (Å²) in [7, 11) is 0. The number of nitro groups is 1. The van der Waals surface area contributed by atoms with Gasteiger partial charge in [-0.2, -0.15) is 9.78 Å². The standard InChI is InChI=1S/C14H20N6O3/c1-13(2)9-4-5-14(13,3)10(6-9)16-17-11(21)7-19-8-15-12(18-19)20(22)23/h8-9H,4-7H2,1-3H3,(H,17,21). The molecule has 2 unspecified atom stereocenters. The van der Waals surface area contributed by atoms with E-state index < -0.39 is 10.9 Å². The van der Waals surface area contributed by atoms with Gasteiger partial charge in [0, 0.05) is 16.2 Å². The van der Waals surface area contributed by atoms with Crippen molar-refractivity contribution in [2.24, 2.45) is 21.8 Å². The predicted molar refractivity (Wildman–Crippen MR) is 81.5 cm³/mol. The Morgan fingerprint density at radius 2 is 2.30 bits per heavy atom. The van der Waals surface area contributed by atoms with E-state index in [4.69, 9.17) is 0 Å². The fourth-order valence-corrected chi connectivity index (χ4v) is 3.85. The number of rotatable bonds is 4. The maximum Gasteiger partial charge on any atom is 0.490 e. The number of carbonyl (C=O) groups excluding carboxylic acids is 1. The minimum atomic E-state index is -0.702. The molecule has 1 aromatic rings. The molecule has 1 N–H and O–H groups in total. The number of nitrogens with one attached hydrogen (secondary N) is 1. The highest BCUT2D eigenvalue weighted by Gasteiger charge is 2.59. The lowest BCUT2D eigenvalue weighted by molar-refractivity contribution is -0.394. The molecule has 2 atom stereocenters. The predicted octanol–water partition coefficient (Wildman–Crippen LogP) is 1.50. The van der Waals surface area contributed by atoms with Crippen LogP contribution < -0.4 is 5.43 Å². The van der Waals surface area contributed by atoms with Gasteiger partial charge in [0.25, 0.3) is 5.91 Å². The average molecular weight is 320 g/mol. The summed E-state index contributed by atoms with van der Waals surface area (Å²) in [4.78, 5) is 25.3. The summed E-state index contributed by atoms with van der Waals surface area (Å²) in [6, 6.07) is 0. The summed E-state index contributed by atoms with van der Waals surface area (Å²) >= 11 is 0. The SMILES string of the molecule is CC12CCC(CC1=NNC(=O)Cn1cnc([N+](=O)[O-])n1)C2(C)C. The average Bonchev–Trinajstić information content (AvgIpc) is 3.07. The molecule has 2 saturated carbocycles. The van der Waals surface area contributed by atoms with Crippen LogP contribution in [0.15, 0.2) is 11.4 Å². The largest absolute Gasteiger partial charge is 0.490 e. The Morgan fingerprint density at radius 3 is 2.83 bits per heavy atom. The van der Waals surface area contributed by atoms with Crippen molar-refractivity contribution in [1.82, 2.24) is 20.2 Å². The molecule has 1 aromatic heterocycles. The molecule has 1 amide bonds. The molecule has 9 heteroatoms. The highest BCUT2D eigenvalue weighted by Crippen LogP contribution is 2.63. The molecule has 3 rings (SSSR count). The first kappa shape index (κ1) is 15.6. The number of hydrogen-bond acceptors (Lipinski definition) is 6. The van der Waals surface area contributed by atoms with E-state index in [1.165, 1.54) is 6.42 Å². The van der Waals surface area contributed by atoms with E-state index in [1.807, 2.05) is 0 Å². The molecule has 9 nitrogen and oxygen atoms in total. The lowest BCUT2D eigenvalue weighted by Gasteiger charge is -2.34. The summed E-state index contributed by atoms with van der Waals surface area (Å²) in [5, 5.41) is 18.4. The minimum absolute atomic E-state index is 0.0248. The van der Waals surface area contributed by atoms with Gasteiger partial charge in [-0.05, 0) is 35.5 Å². The number of carbonyl (C=O) groups is 1. The molecular formula is C14H20N6O3. The highest BCUT2D eigenvalue weighted by atomic mass is 16.6. The monoisotopic (exact) mass is 320 g/mol. The molecule has 0 radical (unpaired) electrons. The van der Waals surface area contributed by atoms with E-state index in [1.54, 1.807) is 0 Å². The molecule has 2 aliphatic rings. The van der Waals surface area contributed by atoms with Gasteiger partial charge < -0.3 is 10.1 Å². The third-order valence-electron chi connectivity index (χ3n) is 5.82. The van der Waals surface area contributed by atoms with Gasteiger partial charge in [-0.1, -0.05) is 25.8 Å². The van der Waals surface area contributed by atoms with Crippen molar-refractivity contribution >= 4 is 17.6 Å². The molecule has 2 fully saturated rings. The molecule has 0 aromatic carbocycles. The first-order valence-corrected chi connectivity index (χ1v) is 7.64. The van der Waals surface area contributed by atoms with Crippen LogP contribution in [0, 0.1) is 26.9 Å². The van der Waals surface area contributed by atoms with Gasteiger partial charge in [-0.3, -0.25) is 4.79 Å². The molecule has 23 heavy (non-hydrogen) atoms. The number of fused-ring (bicyclic) bond motifs is 2. The molecule has 0 saturated heterocycles. The number of hydrazone groups is 1. The van der Waals surface area contributed by atoms with Crippen LogP contribution in [0.25, 0.3) is 0 Å². The second-order valence-electron chi connectivity index (χ2n) is 7.09. The fraction of sp³-hybridized carbons (Fsp3) is 0.714. The first-order chi connectivity index (χ1) is 10.7. The molecule has 0 aliphatic heterocycles. The molecule has 1 heterocycles. The zero-order chi connectivity index (χ0) is 16.8. The smallest absolute Gasteiger partial charge is 0.390 e. The zero-order valence-electron chi connectivity index (χ0n) is 13.4. The fourth-order valence-electron chi connectivity index (χ4n) is 3.85. The summed E-state index contributed by atoms with van der Waals surface area (Å²) < 4.78 is 1.13. The Labute approximate surface area is 133 Å². The van der Waals surface area contributed by atoms with Crippen molar-refractivity contribution in [2.45, 2.75) is 46.6 Å². The maximum absolute atomic E-state index is 11.9. The van der Waals surface area contributed by atoms with E-state index in [9.17, 15) is 14.9 Å². The Bertz CT molecular complexity index is 694. The normalized spacial score (nSPS) is 29.9. The van der Waals surface area contributed by atoms with Gasteiger partial charge in [-0.25, -0.2) is 5.43 Å². The minimum Gasteiger partial charge on any atom is -0.390 e. The second-order valence-corrected chi connectivity index (χ2v) is 7.09. The second kappa shape index (κ2) is 5.10. The van der Waals surface area contributed by atoms with Gasteiger partial charge in [0.1, 0.15) is 6.54 Å². The third kappa shape index (κ3) is 2.40. The lowest BCUT2D eigenvalue weighted by Crippen LogP contribution is -2.34. The van der Waals surface area contributed by atoms with Crippen LogP contribution in [0.1, 0.15) is 40.0 Å².